The molecule has 0 aliphatic rings. The van der Waals surface area contributed by atoms with Gasteiger partial charge in [-0.1, -0.05) is 18.2 Å². The molecule has 0 heterocycles. The van der Waals surface area contributed by atoms with Crippen LogP contribution in [0.15, 0.2) is 53.4 Å². The molecule has 21 heavy (non-hydrogen) atoms. The Kier molecular flexibility index (Phi) is 4.50. The zero-order chi connectivity index (χ0) is 15.5. The van der Waals surface area contributed by atoms with E-state index in [1.54, 1.807) is 36.4 Å². The molecule has 5 nitrogen and oxygen atoms in total. The third-order valence-corrected chi connectivity index (χ3v) is 4.98. The summed E-state index contributed by atoms with van der Waals surface area (Å²) in [6.07, 6.45) is 0. The van der Waals surface area contributed by atoms with E-state index in [-0.39, 0.29) is 11.5 Å². The molecular formula is C15H17NO4S. The quantitative estimate of drug-likeness (QED) is 0.917. The molecular weight excluding hydrogens is 290 g/mol. The van der Waals surface area contributed by atoms with Gasteiger partial charge in [-0.25, -0.2) is 8.42 Å². The van der Waals surface area contributed by atoms with Crippen LogP contribution in [0.4, 0.5) is 5.69 Å². The molecule has 0 amide bonds. The summed E-state index contributed by atoms with van der Waals surface area (Å²) in [5.74, 6) is 0.588. The van der Waals surface area contributed by atoms with E-state index >= 15 is 0 Å². The standard InChI is InChI=1S/C15H17NO4S/c1-16(13-4-3-5-14(10-13)20-2)21(18,19)15-8-6-12(11-17)7-9-15/h3-10,17H,11H2,1-2H3. The van der Waals surface area contributed by atoms with Gasteiger partial charge < -0.3 is 9.84 Å². The van der Waals surface area contributed by atoms with Crippen molar-refractivity contribution < 1.29 is 18.3 Å². The largest absolute Gasteiger partial charge is 0.497 e. The number of aliphatic hydroxyl groups is 1. The molecule has 0 aliphatic heterocycles. The number of rotatable bonds is 5. The second-order valence-corrected chi connectivity index (χ2v) is 6.45. The van der Waals surface area contributed by atoms with E-state index in [1.165, 1.54) is 30.6 Å². The van der Waals surface area contributed by atoms with Crippen molar-refractivity contribution in [1.29, 1.82) is 0 Å². The Hall–Kier alpha value is -2.05. The minimum Gasteiger partial charge on any atom is -0.497 e. The number of ether oxygens (including phenoxy) is 1. The van der Waals surface area contributed by atoms with Gasteiger partial charge in [0.15, 0.2) is 0 Å². The molecule has 0 aromatic heterocycles. The first-order valence-electron chi connectivity index (χ1n) is 6.32. The van der Waals surface area contributed by atoms with Gasteiger partial charge in [-0.3, -0.25) is 4.31 Å². The Balaban J connectivity index is 2.37. The van der Waals surface area contributed by atoms with E-state index in [2.05, 4.69) is 0 Å². The molecule has 0 fully saturated rings. The first kappa shape index (κ1) is 15.3. The Labute approximate surface area is 124 Å². The molecule has 0 bridgehead atoms. The van der Waals surface area contributed by atoms with Crippen molar-refractivity contribution in [3.8, 4) is 5.75 Å². The zero-order valence-corrected chi connectivity index (χ0v) is 12.7. The topological polar surface area (TPSA) is 66.8 Å². The Morgan fingerprint density at radius 1 is 1.14 bits per heavy atom. The van der Waals surface area contributed by atoms with Gasteiger partial charge in [-0.2, -0.15) is 0 Å². The summed E-state index contributed by atoms with van der Waals surface area (Å²) >= 11 is 0. The average molecular weight is 307 g/mol. The lowest BCUT2D eigenvalue weighted by molar-refractivity contribution is 0.282. The van der Waals surface area contributed by atoms with Crippen LogP contribution in [0.3, 0.4) is 0 Å². The van der Waals surface area contributed by atoms with Crippen molar-refractivity contribution >= 4 is 15.7 Å². The van der Waals surface area contributed by atoms with Crippen molar-refractivity contribution in [3.05, 3.63) is 54.1 Å². The fourth-order valence-electron chi connectivity index (χ4n) is 1.87. The summed E-state index contributed by atoms with van der Waals surface area (Å²) in [7, 11) is -0.627. The zero-order valence-electron chi connectivity index (χ0n) is 11.9. The minimum atomic E-state index is -3.65. The maximum Gasteiger partial charge on any atom is 0.264 e. The number of hydrogen-bond acceptors (Lipinski definition) is 4. The van der Waals surface area contributed by atoms with Crippen molar-refractivity contribution in [2.75, 3.05) is 18.5 Å². The molecule has 0 atom stereocenters. The van der Waals surface area contributed by atoms with Gasteiger partial charge >= 0.3 is 0 Å². The van der Waals surface area contributed by atoms with E-state index in [4.69, 9.17) is 9.84 Å². The van der Waals surface area contributed by atoms with Crippen molar-refractivity contribution in [1.82, 2.24) is 0 Å². The summed E-state index contributed by atoms with van der Waals surface area (Å²) in [4.78, 5) is 0.171. The highest BCUT2D eigenvalue weighted by molar-refractivity contribution is 7.92. The van der Waals surface area contributed by atoms with Crippen LogP contribution in [-0.4, -0.2) is 27.7 Å². The van der Waals surface area contributed by atoms with Gasteiger partial charge in [-0.15, -0.1) is 0 Å². The number of hydrogen-bond donors (Lipinski definition) is 1. The molecule has 0 saturated carbocycles. The van der Waals surface area contributed by atoms with Crippen LogP contribution in [0, 0.1) is 0 Å². The molecule has 1 N–H and O–H groups in total. The molecule has 112 valence electrons. The monoisotopic (exact) mass is 307 g/mol. The van der Waals surface area contributed by atoms with Crippen LogP contribution in [0.25, 0.3) is 0 Å². The highest BCUT2D eigenvalue weighted by Gasteiger charge is 2.21. The molecule has 2 aromatic carbocycles. The number of sulfonamides is 1. The number of benzene rings is 2. The lowest BCUT2D eigenvalue weighted by Gasteiger charge is -2.20. The van der Waals surface area contributed by atoms with Crippen LogP contribution in [-0.2, 0) is 16.6 Å². The van der Waals surface area contributed by atoms with E-state index in [0.717, 1.165) is 0 Å². The van der Waals surface area contributed by atoms with E-state index < -0.39 is 10.0 Å². The summed E-state index contributed by atoms with van der Waals surface area (Å²) in [5, 5.41) is 9.00. The molecule has 2 aromatic rings. The lowest BCUT2D eigenvalue weighted by Crippen LogP contribution is -2.26. The third-order valence-electron chi connectivity index (χ3n) is 3.18. The molecule has 0 saturated heterocycles. The van der Waals surface area contributed by atoms with E-state index in [9.17, 15) is 8.42 Å². The predicted molar refractivity (Wildman–Crippen MR) is 80.9 cm³/mol. The van der Waals surface area contributed by atoms with E-state index in [1.807, 2.05) is 0 Å². The summed E-state index contributed by atoms with van der Waals surface area (Å²) in [6, 6.07) is 13.0. The SMILES string of the molecule is COc1cccc(N(C)S(=O)(=O)c2ccc(CO)cc2)c1. The first-order chi connectivity index (χ1) is 9.98. The van der Waals surface area contributed by atoms with Crippen molar-refractivity contribution in [2.24, 2.45) is 0 Å². The van der Waals surface area contributed by atoms with Gasteiger partial charge in [0.05, 0.1) is 24.3 Å². The molecule has 6 heteroatoms. The van der Waals surface area contributed by atoms with Gasteiger partial charge in [-0.05, 0) is 29.8 Å². The van der Waals surface area contributed by atoms with Crippen LogP contribution >= 0.6 is 0 Å². The summed E-state index contributed by atoms with van der Waals surface area (Å²) in [6.45, 7) is -0.119. The number of anilines is 1. The first-order valence-corrected chi connectivity index (χ1v) is 7.76. The number of methoxy groups -OCH3 is 1. The number of nitrogens with zero attached hydrogens (tertiary/aromatic N) is 1. The maximum atomic E-state index is 12.6. The highest BCUT2D eigenvalue weighted by atomic mass is 32.2. The number of aliphatic hydroxyl groups excluding tert-OH is 1. The van der Waals surface area contributed by atoms with Crippen LogP contribution in [0.2, 0.25) is 0 Å². The molecule has 0 radical (unpaired) electrons. The smallest absolute Gasteiger partial charge is 0.264 e. The fraction of sp³-hybridized carbons (Fsp3) is 0.200. The normalized spacial score (nSPS) is 11.2. The second kappa shape index (κ2) is 6.15. The molecule has 0 unspecified atom stereocenters. The maximum absolute atomic E-state index is 12.6. The van der Waals surface area contributed by atoms with Crippen molar-refractivity contribution in [3.63, 3.8) is 0 Å². The summed E-state index contributed by atoms with van der Waals surface area (Å²) in [5.41, 5.74) is 1.18. The average Bonchev–Trinajstić information content (AvgIpc) is 2.54. The van der Waals surface area contributed by atoms with E-state index in [0.29, 0.717) is 17.0 Å². The van der Waals surface area contributed by atoms with Gasteiger partial charge in [0, 0.05) is 13.1 Å². The molecule has 0 aliphatic carbocycles. The van der Waals surface area contributed by atoms with Gasteiger partial charge in [0.25, 0.3) is 10.0 Å². The van der Waals surface area contributed by atoms with Crippen LogP contribution in [0.5, 0.6) is 5.75 Å². The van der Waals surface area contributed by atoms with Crippen molar-refractivity contribution in [2.45, 2.75) is 11.5 Å². The van der Waals surface area contributed by atoms with Gasteiger partial charge in [0.2, 0.25) is 0 Å². The third kappa shape index (κ3) is 3.17. The van der Waals surface area contributed by atoms with Crippen LogP contribution < -0.4 is 9.04 Å². The predicted octanol–water partition coefficient (Wildman–Crippen LogP) is 2.01. The Morgan fingerprint density at radius 3 is 2.38 bits per heavy atom. The van der Waals surface area contributed by atoms with Crippen LogP contribution in [0.1, 0.15) is 5.56 Å². The fourth-order valence-corrected chi connectivity index (χ4v) is 3.06. The van der Waals surface area contributed by atoms with Gasteiger partial charge in [0.1, 0.15) is 5.75 Å². The molecule has 0 spiro atoms. The minimum absolute atomic E-state index is 0.119. The second-order valence-electron chi connectivity index (χ2n) is 4.48. The summed E-state index contributed by atoms with van der Waals surface area (Å²) < 4.78 is 31.4. The Morgan fingerprint density at radius 2 is 1.81 bits per heavy atom. The Bertz CT molecular complexity index is 711. The molecule has 2 rings (SSSR count). The lowest BCUT2D eigenvalue weighted by atomic mass is 10.2. The highest BCUT2D eigenvalue weighted by Crippen LogP contribution is 2.25.